The molecule has 0 atom stereocenters. The van der Waals surface area contributed by atoms with E-state index >= 15 is 0 Å². The lowest BCUT2D eigenvalue weighted by atomic mass is 9.89. The van der Waals surface area contributed by atoms with E-state index in [9.17, 15) is 14.7 Å². The molecule has 6 nitrogen and oxygen atoms in total. The van der Waals surface area contributed by atoms with Crippen molar-refractivity contribution >= 4 is 11.9 Å². The summed E-state index contributed by atoms with van der Waals surface area (Å²) in [4.78, 5) is 24.0. The fourth-order valence-electron chi connectivity index (χ4n) is 2.41. The molecule has 0 spiro atoms. The SMILES string of the molecule is Cc1oc(C(C)C)cc1C(=O)NC1(C(=O)O)CCOCC1. The van der Waals surface area contributed by atoms with E-state index in [-0.39, 0.29) is 18.8 Å². The number of carbonyl (C=O) groups is 2. The number of ether oxygens (including phenoxy) is 1. The van der Waals surface area contributed by atoms with Gasteiger partial charge in [-0.05, 0) is 13.0 Å². The number of aryl methyl sites for hydroxylation is 1. The fourth-order valence-corrected chi connectivity index (χ4v) is 2.41. The number of carboxylic acids is 1. The van der Waals surface area contributed by atoms with Crippen LogP contribution >= 0.6 is 0 Å². The standard InChI is InChI=1S/C15H21NO5/c1-9(2)12-8-11(10(3)21-12)13(17)16-15(14(18)19)4-6-20-7-5-15/h8-9H,4-7H2,1-3H3,(H,16,17)(H,18,19). The first-order valence-corrected chi connectivity index (χ1v) is 7.10. The van der Waals surface area contributed by atoms with Crippen LogP contribution in [0.15, 0.2) is 10.5 Å². The van der Waals surface area contributed by atoms with E-state index in [1.54, 1.807) is 13.0 Å². The first-order chi connectivity index (χ1) is 9.85. The van der Waals surface area contributed by atoms with Gasteiger partial charge in [-0.25, -0.2) is 4.79 Å². The summed E-state index contributed by atoms with van der Waals surface area (Å²) < 4.78 is 10.7. The van der Waals surface area contributed by atoms with E-state index in [4.69, 9.17) is 9.15 Å². The van der Waals surface area contributed by atoms with Crippen molar-refractivity contribution in [3.05, 3.63) is 23.2 Å². The minimum atomic E-state index is -1.25. The summed E-state index contributed by atoms with van der Waals surface area (Å²) >= 11 is 0. The zero-order chi connectivity index (χ0) is 15.6. The van der Waals surface area contributed by atoms with E-state index in [1.165, 1.54) is 0 Å². The molecule has 1 saturated heterocycles. The molecule has 1 aliphatic rings. The Hall–Kier alpha value is -1.82. The van der Waals surface area contributed by atoms with Crippen LogP contribution in [0.5, 0.6) is 0 Å². The van der Waals surface area contributed by atoms with Crippen LogP contribution in [0.3, 0.4) is 0 Å². The number of hydrogen-bond acceptors (Lipinski definition) is 4. The molecular weight excluding hydrogens is 274 g/mol. The van der Waals surface area contributed by atoms with E-state index in [0.717, 1.165) is 0 Å². The molecule has 1 amide bonds. The van der Waals surface area contributed by atoms with Crippen molar-refractivity contribution in [1.29, 1.82) is 0 Å². The van der Waals surface area contributed by atoms with Crippen LogP contribution in [-0.4, -0.2) is 35.7 Å². The Bertz CT molecular complexity index is 540. The highest BCUT2D eigenvalue weighted by molar-refractivity contribution is 5.98. The second-order valence-corrected chi connectivity index (χ2v) is 5.73. The predicted molar refractivity (Wildman–Crippen MR) is 75.4 cm³/mol. The highest BCUT2D eigenvalue weighted by Gasteiger charge is 2.42. The number of hydrogen-bond donors (Lipinski definition) is 2. The molecule has 21 heavy (non-hydrogen) atoms. The Morgan fingerprint density at radius 3 is 2.43 bits per heavy atom. The summed E-state index contributed by atoms with van der Waals surface area (Å²) in [6, 6.07) is 1.68. The van der Waals surface area contributed by atoms with Gasteiger partial charge in [-0.2, -0.15) is 0 Å². The Labute approximate surface area is 123 Å². The molecule has 2 heterocycles. The lowest BCUT2D eigenvalue weighted by Crippen LogP contribution is -2.57. The maximum absolute atomic E-state index is 12.4. The van der Waals surface area contributed by atoms with Crippen molar-refractivity contribution in [1.82, 2.24) is 5.32 Å². The fraction of sp³-hybridized carbons (Fsp3) is 0.600. The van der Waals surface area contributed by atoms with Gasteiger partial charge in [0.1, 0.15) is 17.1 Å². The average Bonchev–Trinajstić information content (AvgIpc) is 2.82. The van der Waals surface area contributed by atoms with E-state index in [2.05, 4.69) is 5.32 Å². The molecule has 0 aromatic carbocycles. The smallest absolute Gasteiger partial charge is 0.329 e. The molecule has 0 saturated carbocycles. The van der Waals surface area contributed by atoms with Crippen LogP contribution in [0.4, 0.5) is 0 Å². The van der Waals surface area contributed by atoms with E-state index < -0.39 is 17.4 Å². The molecule has 2 rings (SSSR count). The van der Waals surface area contributed by atoms with Gasteiger partial charge < -0.3 is 19.6 Å². The van der Waals surface area contributed by atoms with Gasteiger partial charge >= 0.3 is 5.97 Å². The minimum absolute atomic E-state index is 0.168. The molecule has 1 aromatic heterocycles. The molecule has 0 radical (unpaired) electrons. The average molecular weight is 295 g/mol. The number of rotatable bonds is 4. The lowest BCUT2D eigenvalue weighted by Gasteiger charge is -2.33. The van der Waals surface area contributed by atoms with Crippen LogP contribution < -0.4 is 5.32 Å². The van der Waals surface area contributed by atoms with Crippen molar-refractivity contribution in [2.75, 3.05) is 13.2 Å². The molecule has 1 aromatic rings. The molecular formula is C15H21NO5. The minimum Gasteiger partial charge on any atom is -0.480 e. The molecule has 0 bridgehead atoms. The van der Waals surface area contributed by atoms with Crippen molar-refractivity contribution in [2.24, 2.45) is 0 Å². The van der Waals surface area contributed by atoms with Crippen molar-refractivity contribution in [2.45, 2.75) is 45.1 Å². The van der Waals surface area contributed by atoms with Gasteiger partial charge in [0.05, 0.1) is 5.56 Å². The van der Waals surface area contributed by atoms with Crippen molar-refractivity contribution in [3.8, 4) is 0 Å². The summed E-state index contributed by atoms with van der Waals surface area (Å²) in [7, 11) is 0. The molecule has 1 aliphatic heterocycles. The third kappa shape index (κ3) is 3.10. The monoisotopic (exact) mass is 295 g/mol. The maximum Gasteiger partial charge on any atom is 0.329 e. The zero-order valence-corrected chi connectivity index (χ0v) is 12.6. The summed E-state index contributed by atoms with van der Waals surface area (Å²) in [5.41, 5.74) is -0.859. The first kappa shape index (κ1) is 15.6. The van der Waals surface area contributed by atoms with Gasteiger partial charge in [0, 0.05) is 32.0 Å². The van der Waals surface area contributed by atoms with Crippen molar-refractivity contribution in [3.63, 3.8) is 0 Å². The molecule has 2 N–H and O–H groups in total. The second-order valence-electron chi connectivity index (χ2n) is 5.73. The van der Waals surface area contributed by atoms with Crippen LogP contribution in [-0.2, 0) is 9.53 Å². The Kier molecular flexibility index (Phi) is 4.37. The third-order valence-corrected chi connectivity index (χ3v) is 3.86. The number of aliphatic carboxylic acids is 1. The molecule has 0 aliphatic carbocycles. The largest absolute Gasteiger partial charge is 0.480 e. The summed E-state index contributed by atoms with van der Waals surface area (Å²) in [6.07, 6.45) is 0.532. The van der Waals surface area contributed by atoms with E-state index in [0.29, 0.717) is 30.3 Å². The zero-order valence-electron chi connectivity index (χ0n) is 12.6. The van der Waals surface area contributed by atoms with Crippen LogP contribution in [0, 0.1) is 6.92 Å². The highest BCUT2D eigenvalue weighted by atomic mass is 16.5. The van der Waals surface area contributed by atoms with Gasteiger partial charge in [0.25, 0.3) is 5.91 Å². The second kappa shape index (κ2) is 5.89. The molecule has 1 fully saturated rings. The van der Waals surface area contributed by atoms with Gasteiger partial charge in [-0.15, -0.1) is 0 Å². The van der Waals surface area contributed by atoms with Crippen LogP contribution in [0.2, 0.25) is 0 Å². The Morgan fingerprint density at radius 2 is 1.95 bits per heavy atom. The maximum atomic E-state index is 12.4. The Morgan fingerprint density at radius 1 is 1.33 bits per heavy atom. The number of nitrogens with one attached hydrogen (secondary N) is 1. The van der Waals surface area contributed by atoms with Crippen LogP contribution in [0.1, 0.15) is 54.5 Å². The first-order valence-electron chi connectivity index (χ1n) is 7.10. The topological polar surface area (TPSA) is 88.8 Å². The van der Waals surface area contributed by atoms with Gasteiger partial charge in [-0.3, -0.25) is 4.79 Å². The van der Waals surface area contributed by atoms with Crippen molar-refractivity contribution < 1.29 is 23.8 Å². The van der Waals surface area contributed by atoms with E-state index in [1.807, 2.05) is 13.8 Å². The third-order valence-electron chi connectivity index (χ3n) is 3.86. The summed E-state index contributed by atoms with van der Waals surface area (Å²) in [5.74, 6) is -0.0450. The summed E-state index contributed by atoms with van der Waals surface area (Å²) in [5, 5.41) is 12.1. The highest BCUT2D eigenvalue weighted by Crippen LogP contribution is 2.25. The normalized spacial score (nSPS) is 17.7. The predicted octanol–water partition coefficient (Wildman–Crippen LogP) is 2.08. The van der Waals surface area contributed by atoms with Gasteiger partial charge in [0.2, 0.25) is 0 Å². The molecule has 116 valence electrons. The molecule has 0 unspecified atom stereocenters. The number of carbonyl (C=O) groups excluding carboxylic acids is 1. The van der Waals surface area contributed by atoms with Crippen LogP contribution in [0.25, 0.3) is 0 Å². The quantitative estimate of drug-likeness (QED) is 0.887. The van der Waals surface area contributed by atoms with Gasteiger partial charge in [0.15, 0.2) is 0 Å². The number of amides is 1. The summed E-state index contributed by atoms with van der Waals surface area (Å²) in [6.45, 7) is 6.30. The number of furan rings is 1. The molecule has 6 heteroatoms. The number of carboxylic acid groups (broad SMARTS) is 1. The van der Waals surface area contributed by atoms with Gasteiger partial charge in [-0.1, -0.05) is 13.8 Å². The Balaban J connectivity index is 2.21. The lowest BCUT2D eigenvalue weighted by molar-refractivity contribution is -0.148.